The van der Waals surface area contributed by atoms with Crippen molar-refractivity contribution in [2.45, 2.75) is 25.0 Å². The van der Waals surface area contributed by atoms with Crippen LogP contribution in [0.1, 0.15) is 19.9 Å². The molecule has 9 nitrogen and oxygen atoms in total. The summed E-state index contributed by atoms with van der Waals surface area (Å²) in [7, 11) is 1.53. The van der Waals surface area contributed by atoms with Crippen molar-refractivity contribution in [2.75, 3.05) is 5.75 Å². The molecule has 0 spiro atoms. The van der Waals surface area contributed by atoms with Crippen molar-refractivity contribution in [1.82, 2.24) is 24.5 Å². The van der Waals surface area contributed by atoms with Crippen LogP contribution in [0.15, 0.2) is 14.7 Å². The van der Waals surface area contributed by atoms with E-state index in [4.69, 9.17) is 5.84 Å². The number of imidazole rings is 1. The van der Waals surface area contributed by atoms with E-state index in [1.807, 2.05) is 19.3 Å². The maximum absolute atomic E-state index is 12.0. The minimum Gasteiger partial charge on any atom is -0.311 e. The molecule has 2 heterocycles. The fraction of sp³-hybridized carbons (Fsp3) is 0.455. The third-order valence-electron chi connectivity index (χ3n) is 2.93. The summed E-state index contributed by atoms with van der Waals surface area (Å²) in [5.41, 5.74) is 1.60. The molecule has 0 aliphatic heterocycles. The normalized spacial score (nSPS) is 11.3. The Balaban J connectivity index is 2.66. The Kier molecular flexibility index (Phi) is 4.19. The molecule has 0 fully saturated rings. The average molecular weight is 312 g/mol. The lowest BCUT2D eigenvalue weighted by Gasteiger charge is -2.11. The highest BCUT2D eigenvalue weighted by Crippen LogP contribution is 2.25. The van der Waals surface area contributed by atoms with Crippen molar-refractivity contribution in [1.29, 1.82) is 0 Å². The third kappa shape index (κ3) is 2.72. The first kappa shape index (κ1) is 15.3. The summed E-state index contributed by atoms with van der Waals surface area (Å²) in [6.45, 7) is 3.78. The molecule has 0 bridgehead atoms. The Morgan fingerprint density at radius 2 is 2.14 bits per heavy atom. The van der Waals surface area contributed by atoms with E-state index in [2.05, 4.69) is 9.97 Å². The van der Waals surface area contributed by atoms with Crippen LogP contribution in [0.25, 0.3) is 11.2 Å². The fourth-order valence-corrected chi connectivity index (χ4v) is 2.87. The van der Waals surface area contributed by atoms with E-state index in [0.29, 0.717) is 10.7 Å². The summed E-state index contributed by atoms with van der Waals surface area (Å²) in [4.78, 5) is 41.5. The van der Waals surface area contributed by atoms with Gasteiger partial charge in [-0.05, 0) is 13.8 Å². The molecule has 0 aromatic carbocycles. The molecule has 10 heteroatoms. The second-order valence-electron chi connectivity index (χ2n) is 4.70. The van der Waals surface area contributed by atoms with E-state index in [0.717, 1.165) is 11.8 Å². The van der Waals surface area contributed by atoms with Gasteiger partial charge in [0.15, 0.2) is 16.3 Å². The summed E-state index contributed by atoms with van der Waals surface area (Å²) in [6.07, 6.45) is 0. The van der Waals surface area contributed by atoms with E-state index in [9.17, 15) is 14.4 Å². The Labute approximate surface area is 123 Å². The van der Waals surface area contributed by atoms with Crippen molar-refractivity contribution in [3.8, 4) is 0 Å². The van der Waals surface area contributed by atoms with Gasteiger partial charge < -0.3 is 4.57 Å². The van der Waals surface area contributed by atoms with Crippen LogP contribution in [0.4, 0.5) is 0 Å². The molecule has 0 atom stereocenters. The zero-order chi connectivity index (χ0) is 15.7. The number of carbonyl (C=O) groups excluding carboxylic acids is 1. The van der Waals surface area contributed by atoms with Crippen molar-refractivity contribution in [2.24, 2.45) is 12.9 Å². The molecule has 0 aliphatic rings. The minimum atomic E-state index is -0.530. The zero-order valence-corrected chi connectivity index (χ0v) is 12.7. The maximum atomic E-state index is 12.0. The molecule has 0 unspecified atom stereocenters. The number of aromatic amines is 1. The lowest BCUT2D eigenvalue weighted by atomic mass is 10.4. The van der Waals surface area contributed by atoms with Crippen LogP contribution in [0.3, 0.4) is 0 Å². The molecule has 21 heavy (non-hydrogen) atoms. The summed E-state index contributed by atoms with van der Waals surface area (Å²) in [5, 5.41) is 0.482. The van der Waals surface area contributed by atoms with E-state index in [1.165, 1.54) is 11.6 Å². The van der Waals surface area contributed by atoms with Crippen molar-refractivity contribution >= 4 is 28.8 Å². The number of H-pyrrole nitrogens is 1. The molecule has 0 radical (unpaired) electrons. The molecular weight excluding hydrogens is 296 g/mol. The second-order valence-corrected chi connectivity index (χ2v) is 5.65. The van der Waals surface area contributed by atoms with Gasteiger partial charge in [0.2, 0.25) is 5.91 Å². The van der Waals surface area contributed by atoms with Gasteiger partial charge in [-0.3, -0.25) is 24.6 Å². The molecule has 0 saturated carbocycles. The number of hydrazine groups is 1. The van der Waals surface area contributed by atoms with E-state index in [-0.39, 0.29) is 23.3 Å². The number of nitrogens with one attached hydrogen (secondary N) is 2. The highest BCUT2D eigenvalue weighted by Gasteiger charge is 2.19. The number of aromatic nitrogens is 4. The molecular formula is C11H16N6O3S. The molecule has 2 aromatic heterocycles. The fourth-order valence-electron chi connectivity index (χ4n) is 1.93. The Morgan fingerprint density at radius 3 is 2.71 bits per heavy atom. The topological polar surface area (TPSA) is 128 Å². The first-order chi connectivity index (χ1) is 9.86. The van der Waals surface area contributed by atoms with Crippen LogP contribution < -0.4 is 22.5 Å². The van der Waals surface area contributed by atoms with E-state index >= 15 is 0 Å². The lowest BCUT2D eigenvalue weighted by Crippen LogP contribution is -2.31. The Hall–Kier alpha value is -2.07. The van der Waals surface area contributed by atoms with Crippen molar-refractivity contribution < 1.29 is 4.79 Å². The molecule has 0 saturated heterocycles. The summed E-state index contributed by atoms with van der Waals surface area (Å²) < 4.78 is 2.96. The first-order valence-corrected chi connectivity index (χ1v) is 7.18. The minimum absolute atomic E-state index is 0.0583. The third-order valence-corrected chi connectivity index (χ3v) is 3.88. The van der Waals surface area contributed by atoms with Gasteiger partial charge >= 0.3 is 5.69 Å². The number of fused-ring (bicyclic) bond motifs is 1. The quantitative estimate of drug-likeness (QED) is 0.290. The maximum Gasteiger partial charge on any atom is 0.329 e. The molecule has 1 amide bonds. The first-order valence-electron chi connectivity index (χ1n) is 6.20. The van der Waals surface area contributed by atoms with Crippen LogP contribution in [-0.4, -0.2) is 30.8 Å². The van der Waals surface area contributed by atoms with Gasteiger partial charge in [-0.25, -0.2) is 15.6 Å². The highest BCUT2D eigenvalue weighted by atomic mass is 32.2. The van der Waals surface area contributed by atoms with Crippen LogP contribution in [-0.2, 0) is 11.8 Å². The molecule has 114 valence electrons. The zero-order valence-electron chi connectivity index (χ0n) is 11.8. The molecule has 2 aromatic rings. The number of amides is 1. The number of hydrogen-bond donors (Lipinski definition) is 3. The Bertz CT molecular complexity index is 803. The van der Waals surface area contributed by atoms with Gasteiger partial charge in [-0.2, -0.15) is 0 Å². The van der Waals surface area contributed by atoms with Gasteiger partial charge in [0.1, 0.15) is 0 Å². The van der Waals surface area contributed by atoms with Crippen LogP contribution >= 0.6 is 11.8 Å². The molecule has 4 N–H and O–H groups in total. The average Bonchev–Trinajstić information content (AvgIpc) is 2.82. The Morgan fingerprint density at radius 1 is 1.48 bits per heavy atom. The number of nitrogens with two attached hydrogens (primary N) is 1. The smallest absolute Gasteiger partial charge is 0.311 e. The number of rotatable bonds is 4. The summed E-state index contributed by atoms with van der Waals surface area (Å²) >= 11 is 1.15. The van der Waals surface area contributed by atoms with Gasteiger partial charge in [0.25, 0.3) is 5.56 Å². The summed E-state index contributed by atoms with van der Waals surface area (Å²) in [5.74, 6) is 4.75. The predicted octanol–water partition coefficient (Wildman–Crippen LogP) is -0.914. The van der Waals surface area contributed by atoms with Crippen molar-refractivity contribution in [3.05, 3.63) is 20.8 Å². The number of thioether (sulfide) groups is 1. The van der Waals surface area contributed by atoms with Crippen LogP contribution in [0.5, 0.6) is 0 Å². The van der Waals surface area contributed by atoms with E-state index in [1.54, 1.807) is 4.57 Å². The number of hydrogen-bond acceptors (Lipinski definition) is 6. The van der Waals surface area contributed by atoms with Crippen molar-refractivity contribution in [3.63, 3.8) is 0 Å². The van der Waals surface area contributed by atoms with Gasteiger partial charge in [0, 0.05) is 13.1 Å². The molecule has 0 aliphatic carbocycles. The van der Waals surface area contributed by atoms with Crippen LogP contribution in [0, 0.1) is 0 Å². The SMILES string of the molecule is CC(C)n1c(SCC(=O)NN)nc2c1c(=O)[nH]c(=O)n2C. The second kappa shape index (κ2) is 5.74. The number of aryl methyl sites for hydroxylation is 1. The van der Waals surface area contributed by atoms with E-state index < -0.39 is 11.2 Å². The standard InChI is InChI=1S/C11H16N6O3S/c1-5(2)17-7-8(16(3)10(20)14-9(7)19)13-11(17)21-4-6(18)15-12/h5H,4,12H2,1-3H3,(H,15,18)(H,14,19,20). The van der Waals surface area contributed by atoms with Gasteiger partial charge in [-0.15, -0.1) is 0 Å². The monoisotopic (exact) mass is 312 g/mol. The number of carbonyl (C=O) groups is 1. The molecule has 2 rings (SSSR count). The summed E-state index contributed by atoms with van der Waals surface area (Å²) in [6, 6.07) is -0.0583. The number of nitrogens with zero attached hydrogens (tertiary/aromatic N) is 3. The van der Waals surface area contributed by atoms with Gasteiger partial charge in [0.05, 0.1) is 5.75 Å². The largest absolute Gasteiger partial charge is 0.329 e. The van der Waals surface area contributed by atoms with Gasteiger partial charge in [-0.1, -0.05) is 11.8 Å². The predicted molar refractivity (Wildman–Crippen MR) is 79.0 cm³/mol. The highest BCUT2D eigenvalue weighted by molar-refractivity contribution is 7.99. The lowest BCUT2D eigenvalue weighted by molar-refractivity contribution is -0.118. The van der Waals surface area contributed by atoms with Crippen LogP contribution in [0.2, 0.25) is 0 Å².